The third kappa shape index (κ3) is 2.25. The van der Waals surface area contributed by atoms with Crippen molar-refractivity contribution in [2.75, 3.05) is 5.73 Å². The Bertz CT molecular complexity index is 629. The van der Waals surface area contributed by atoms with Gasteiger partial charge in [-0.25, -0.2) is 4.98 Å². The van der Waals surface area contributed by atoms with Crippen LogP contribution in [0.2, 0.25) is 0 Å². The van der Waals surface area contributed by atoms with E-state index in [2.05, 4.69) is 4.98 Å². The zero-order valence-electron chi connectivity index (χ0n) is 10.3. The van der Waals surface area contributed by atoms with Crippen LogP contribution >= 0.6 is 0 Å². The lowest BCUT2D eigenvalue weighted by Crippen LogP contribution is -1.97. The van der Waals surface area contributed by atoms with E-state index in [-0.39, 0.29) is 0 Å². The highest BCUT2D eigenvalue weighted by molar-refractivity contribution is 5.54. The Hall–Kier alpha value is -2.54. The van der Waals surface area contributed by atoms with Crippen LogP contribution in [0.25, 0.3) is 0 Å². The lowest BCUT2D eigenvalue weighted by Gasteiger charge is -2.11. The highest BCUT2D eigenvalue weighted by Crippen LogP contribution is 2.29. The first-order chi connectivity index (χ1) is 8.61. The van der Waals surface area contributed by atoms with E-state index in [0.29, 0.717) is 17.1 Å². The Balaban J connectivity index is 2.35. The third-order valence-corrected chi connectivity index (χ3v) is 2.77. The van der Waals surface area contributed by atoms with Gasteiger partial charge in [0.25, 0.3) is 0 Å². The number of hydrogen-bond donors (Lipinski definition) is 1. The van der Waals surface area contributed by atoms with Crippen molar-refractivity contribution in [1.82, 2.24) is 4.98 Å². The second kappa shape index (κ2) is 4.76. The summed E-state index contributed by atoms with van der Waals surface area (Å²) < 4.78 is 5.67. The summed E-state index contributed by atoms with van der Waals surface area (Å²) in [5, 5.41) is 8.74. The molecular formula is C14H13N3O. The molecular weight excluding hydrogens is 226 g/mol. The van der Waals surface area contributed by atoms with Crippen LogP contribution in [0.3, 0.4) is 0 Å². The van der Waals surface area contributed by atoms with Gasteiger partial charge >= 0.3 is 0 Å². The van der Waals surface area contributed by atoms with E-state index >= 15 is 0 Å². The molecule has 0 radical (unpaired) electrons. The molecule has 1 heterocycles. The second-order valence-corrected chi connectivity index (χ2v) is 4.03. The van der Waals surface area contributed by atoms with Crippen molar-refractivity contribution in [1.29, 1.82) is 5.26 Å². The van der Waals surface area contributed by atoms with Crippen molar-refractivity contribution < 1.29 is 4.74 Å². The number of benzene rings is 1. The van der Waals surface area contributed by atoms with Gasteiger partial charge in [0.2, 0.25) is 5.88 Å². The Labute approximate surface area is 106 Å². The number of hydrogen-bond acceptors (Lipinski definition) is 4. The first-order valence-corrected chi connectivity index (χ1v) is 5.51. The van der Waals surface area contributed by atoms with Gasteiger partial charge in [-0.15, -0.1) is 0 Å². The number of nitrogens with zero attached hydrogens (tertiary/aromatic N) is 2. The maximum atomic E-state index is 8.74. The lowest BCUT2D eigenvalue weighted by molar-refractivity contribution is 0.461. The van der Waals surface area contributed by atoms with E-state index in [1.807, 2.05) is 38.1 Å². The summed E-state index contributed by atoms with van der Waals surface area (Å²) in [6, 6.07) is 9.32. The first kappa shape index (κ1) is 11.9. The number of nitriles is 1. The van der Waals surface area contributed by atoms with Crippen LogP contribution in [0.4, 0.5) is 5.69 Å². The van der Waals surface area contributed by atoms with Crippen molar-refractivity contribution in [2.45, 2.75) is 13.8 Å². The average molecular weight is 239 g/mol. The Morgan fingerprint density at radius 2 is 2.11 bits per heavy atom. The number of nitrogen functional groups attached to an aromatic ring is 1. The monoisotopic (exact) mass is 239 g/mol. The number of aromatic nitrogens is 1. The smallest absolute Gasteiger partial charge is 0.242 e. The molecule has 0 saturated carbocycles. The summed E-state index contributed by atoms with van der Waals surface area (Å²) in [6.07, 6.45) is 1.44. The van der Waals surface area contributed by atoms with Crippen LogP contribution < -0.4 is 10.5 Å². The number of pyridine rings is 1. The van der Waals surface area contributed by atoms with E-state index < -0.39 is 0 Å². The van der Waals surface area contributed by atoms with Gasteiger partial charge in [-0.2, -0.15) is 5.26 Å². The predicted octanol–water partition coefficient (Wildman–Crippen LogP) is 2.94. The zero-order chi connectivity index (χ0) is 13.1. The second-order valence-electron chi connectivity index (χ2n) is 4.03. The van der Waals surface area contributed by atoms with Crippen molar-refractivity contribution in [3.63, 3.8) is 0 Å². The molecule has 0 aliphatic rings. The van der Waals surface area contributed by atoms with E-state index in [4.69, 9.17) is 15.7 Å². The fraction of sp³-hybridized carbons (Fsp3) is 0.143. The number of aryl methyl sites for hydroxylation is 1. The molecule has 0 unspecified atom stereocenters. The van der Waals surface area contributed by atoms with Gasteiger partial charge in [0.1, 0.15) is 11.8 Å². The highest BCUT2D eigenvalue weighted by Gasteiger charge is 2.08. The summed E-state index contributed by atoms with van der Waals surface area (Å²) in [4.78, 5) is 4.05. The molecule has 1 aromatic carbocycles. The van der Waals surface area contributed by atoms with Gasteiger partial charge in [0.05, 0.1) is 11.3 Å². The van der Waals surface area contributed by atoms with Crippen molar-refractivity contribution >= 4 is 5.69 Å². The molecule has 2 aromatic rings. The Morgan fingerprint density at radius 3 is 2.78 bits per heavy atom. The maximum absolute atomic E-state index is 8.74. The standard InChI is InChI=1S/C14H13N3O/c1-9-4-3-5-13(10(9)2)18-14-12(16)6-11(7-15)8-17-14/h3-6,8H,16H2,1-2H3. The number of nitrogens with two attached hydrogens (primary N) is 1. The zero-order valence-corrected chi connectivity index (χ0v) is 10.3. The summed E-state index contributed by atoms with van der Waals surface area (Å²) >= 11 is 0. The van der Waals surface area contributed by atoms with Crippen LogP contribution in [-0.2, 0) is 0 Å². The molecule has 2 N–H and O–H groups in total. The largest absolute Gasteiger partial charge is 0.437 e. The minimum absolute atomic E-state index is 0.322. The molecule has 0 spiro atoms. The minimum atomic E-state index is 0.322. The van der Waals surface area contributed by atoms with Gasteiger partial charge in [0.15, 0.2) is 0 Å². The van der Waals surface area contributed by atoms with Crippen molar-refractivity contribution in [3.05, 3.63) is 47.2 Å². The van der Waals surface area contributed by atoms with Gasteiger partial charge in [0, 0.05) is 6.20 Å². The molecule has 90 valence electrons. The molecule has 1 aromatic heterocycles. The topological polar surface area (TPSA) is 71.9 Å². The summed E-state index contributed by atoms with van der Waals surface area (Å²) in [5.74, 6) is 1.04. The first-order valence-electron chi connectivity index (χ1n) is 5.51. The molecule has 0 saturated heterocycles. The lowest BCUT2D eigenvalue weighted by atomic mass is 10.1. The van der Waals surface area contributed by atoms with E-state index in [0.717, 1.165) is 16.9 Å². The minimum Gasteiger partial charge on any atom is -0.437 e. The van der Waals surface area contributed by atoms with E-state index in [1.165, 1.54) is 6.20 Å². The molecule has 0 bridgehead atoms. The quantitative estimate of drug-likeness (QED) is 0.874. The summed E-state index contributed by atoms with van der Waals surface area (Å²) in [7, 11) is 0. The summed E-state index contributed by atoms with van der Waals surface area (Å²) in [6.45, 7) is 3.99. The van der Waals surface area contributed by atoms with Crippen molar-refractivity contribution in [2.24, 2.45) is 0 Å². The maximum Gasteiger partial charge on any atom is 0.242 e. The van der Waals surface area contributed by atoms with Crippen LogP contribution in [-0.4, -0.2) is 4.98 Å². The molecule has 4 heteroatoms. The molecule has 0 amide bonds. The van der Waals surface area contributed by atoms with Crippen molar-refractivity contribution in [3.8, 4) is 17.7 Å². The van der Waals surface area contributed by atoms with Gasteiger partial charge in [-0.3, -0.25) is 0 Å². The fourth-order valence-corrected chi connectivity index (χ4v) is 1.55. The van der Waals surface area contributed by atoms with Crippen LogP contribution in [0.5, 0.6) is 11.6 Å². The number of rotatable bonds is 2. The SMILES string of the molecule is Cc1cccc(Oc2ncc(C#N)cc2N)c1C. The molecule has 0 fully saturated rings. The molecule has 18 heavy (non-hydrogen) atoms. The average Bonchev–Trinajstić information content (AvgIpc) is 2.37. The highest BCUT2D eigenvalue weighted by atomic mass is 16.5. The molecule has 0 atom stereocenters. The van der Waals surface area contributed by atoms with Gasteiger partial charge in [-0.1, -0.05) is 12.1 Å². The number of anilines is 1. The predicted molar refractivity (Wildman–Crippen MR) is 69.4 cm³/mol. The molecule has 2 rings (SSSR count). The summed E-state index contributed by atoms with van der Waals surface area (Å²) in [5.41, 5.74) is 8.75. The number of ether oxygens (including phenoxy) is 1. The normalized spacial score (nSPS) is 9.83. The van der Waals surface area contributed by atoms with Crippen LogP contribution in [0.1, 0.15) is 16.7 Å². The van der Waals surface area contributed by atoms with E-state index in [9.17, 15) is 0 Å². The van der Waals surface area contributed by atoms with Crippen LogP contribution in [0, 0.1) is 25.2 Å². The Kier molecular flexibility index (Phi) is 3.16. The van der Waals surface area contributed by atoms with Gasteiger partial charge < -0.3 is 10.5 Å². The molecule has 4 nitrogen and oxygen atoms in total. The van der Waals surface area contributed by atoms with Crippen LogP contribution in [0.15, 0.2) is 30.5 Å². The third-order valence-electron chi connectivity index (χ3n) is 2.77. The Morgan fingerprint density at radius 1 is 1.33 bits per heavy atom. The molecule has 0 aliphatic heterocycles. The fourth-order valence-electron chi connectivity index (χ4n) is 1.55. The molecule has 0 aliphatic carbocycles. The van der Waals surface area contributed by atoms with Gasteiger partial charge in [-0.05, 0) is 37.1 Å². The van der Waals surface area contributed by atoms with E-state index in [1.54, 1.807) is 6.07 Å².